The molecule has 7 N–H and O–H groups in total. The number of aliphatic hydroxyl groups excluding tert-OH is 2. The highest BCUT2D eigenvalue weighted by molar-refractivity contribution is 6.24. The highest BCUT2D eigenvalue weighted by Crippen LogP contribution is 2.54. The number of nitrogens with one attached hydrogen (secondary N) is 1. The minimum atomic E-state index is -2.66. The summed E-state index contributed by atoms with van der Waals surface area (Å²) in [5, 5.41) is 48.7. The van der Waals surface area contributed by atoms with E-state index in [1.165, 1.54) is 4.90 Å². The number of phenols is 1. The number of aromatic hydroxyl groups is 1. The van der Waals surface area contributed by atoms with Gasteiger partial charge in [-0.2, -0.15) is 0 Å². The summed E-state index contributed by atoms with van der Waals surface area (Å²) >= 11 is 0. The first-order chi connectivity index (χ1) is 18.2. The standard InChI is InChI=1S/C28H38N4O7/c1-7-12(2)11-30-16-10-17(31(3)4)14-8-13-9-15-21(32(5)6)24(35)20(27(29)38)26(37)28(15,39)25(36)18(13)23(34)19(14)22(16)33/h10,12-13,15,21,30,33-34,37,39H,7-9,11H2,1-6H3,(H2,29,38)/t12?,13-,15-,21-,28-/m1/s1. The van der Waals surface area contributed by atoms with Crippen LogP contribution in [-0.4, -0.2) is 89.2 Å². The van der Waals surface area contributed by atoms with Crippen molar-refractivity contribution in [1.82, 2.24) is 4.90 Å². The number of phenolic OH excluding ortho intramolecular Hbond substituents is 1. The molecule has 0 spiro atoms. The molecule has 1 aromatic rings. The van der Waals surface area contributed by atoms with Gasteiger partial charge in [-0.25, -0.2) is 0 Å². The van der Waals surface area contributed by atoms with Crippen molar-refractivity contribution in [3.63, 3.8) is 0 Å². The molecule has 1 amide bonds. The molecular formula is C28H38N4O7. The van der Waals surface area contributed by atoms with Gasteiger partial charge in [-0.05, 0) is 50.4 Å². The third-order valence-corrected chi connectivity index (χ3v) is 8.52. The summed E-state index contributed by atoms with van der Waals surface area (Å²) in [6, 6.07) is 0.687. The molecule has 0 aromatic heterocycles. The number of nitrogens with two attached hydrogens (primary N) is 1. The van der Waals surface area contributed by atoms with Gasteiger partial charge in [-0.15, -0.1) is 0 Å². The fourth-order valence-corrected chi connectivity index (χ4v) is 6.25. The van der Waals surface area contributed by atoms with E-state index in [0.717, 1.165) is 12.1 Å². The normalized spacial score (nSPS) is 27.2. The van der Waals surface area contributed by atoms with Crippen molar-refractivity contribution < 1.29 is 34.8 Å². The quantitative estimate of drug-likeness (QED) is 0.219. The van der Waals surface area contributed by atoms with Crippen molar-refractivity contribution in [2.45, 2.75) is 44.8 Å². The van der Waals surface area contributed by atoms with Crippen LogP contribution in [0.4, 0.5) is 11.4 Å². The largest absolute Gasteiger partial charge is 0.508 e. The van der Waals surface area contributed by atoms with Crippen LogP contribution in [0.2, 0.25) is 0 Å². The topological polar surface area (TPSA) is 177 Å². The second-order valence-electron chi connectivity index (χ2n) is 11.4. The Morgan fingerprint density at radius 1 is 1.21 bits per heavy atom. The minimum Gasteiger partial charge on any atom is -0.508 e. The molecule has 1 aromatic carbocycles. The second-order valence-corrected chi connectivity index (χ2v) is 11.4. The zero-order valence-electron chi connectivity index (χ0n) is 23.2. The van der Waals surface area contributed by atoms with Crippen LogP contribution in [0.5, 0.6) is 5.75 Å². The highest BCUT2D eigenvalue weighted by atomic mass is 16.3. The number of rotatable bonds is 7. The molecule has 0 bridgehead atoms. The third kappa shape index (κ3) is 4.15. The van der Waals surface area contributed by atoms with E-state index >= 15 is 0 Å². The van der Waals surface area contributed by atoms with Crippen molar-refractivity contribution in [3.05, 3.63) is 34.1 Å². The molecule has 4 rings (SSSR count). The van der Waals surface area contributed by atoms with Crippen LogP contribution >= 0.6 is 0 Å². The summed E-state index contributed by atoms with van der Waals surface area (Å²) in [4.78, 5) is 42.7. The van der Waals surface area contributed by atoms with Crippen LogP contribution in [0.15, 0.2) is 23.0 Å². The van der Waals surface area contributed by atoms with Crippen molar-refractivity contribution in [3.8, 4) is 5.75 Å². The first-order valence-electron chi connectivity index (χ1n) is 13.1. The Kier molecular flexibility index (Phi) is 7.20. The molecule has 11 heteroatoms. The minimum absolute atomic E-state index is 0.0490. The molecule has 212 valence electrons. The lowest BCUT2D eigenvalue weighted by atomic mass is 9.57. The van der Waals surface area contributed by atoms with Crippen molar-refractivity contribution in [2.24, 2.45) is 23.5 Å². The number of fused-ring (bicyclic) bond motifs is 3. The molecule has 5 atom stereocenters. The Hall–Kier alpha value is -3.57. The number of carbonyl (C=O) groups is 3. The number of Topliss-reactive ketones (excluding diaryl/α,β-unsaturated/α-hetero) is 2. The number of aliphatic hydroxyl groups is 3. The molecule has 0 heterocycles. The van der Waals surface area contributed by atoms with Crippen molar-refractivity contribution in [2.75, 3.05) is 45.0 Å². The van der Waals surface area contributed by atoms with E-state index in [-0.39, 0.29) is 29.7 Å². The SMILES string of the molecule is CCC(C)CNc1cc(N(C)C)c2c(c1O)C(O)=C1C(=O)[C@@]3(O)C(O)=C(C(N)=O)C(=O)[C@H](N(C)C)[C@H]3C[C@H]1C2. The Morgan fingerprint density at radius 2 is 1.85 bits per heavy atom. The number of benzene rings is 1. The maximum atomic E-state index is 14.0. The molecule has 1 unspecified atom stereocenters. The number of carbonyl (C=O) groups excluding carboxylic acids is 3. The van der Waals surface area contributed by atoms with Gasteiger partial charge in [-0.1, -0.05) is 20.3 Å². The predicted octanol–water partition coefficient (Wildman–Crippen LogP) is 1.49. The maximum absolute atomic E-state index is 14.0. The van der Waals surface area contributed by atoms with Gasteiger partial charge in [0.25, 0.3) is 5.91 Å². The van der Waals surface area contributed by atoms with E-state index in [0.29, 0.717) is 23.7 Å². The number of anilines is 2. The van der Waals surface area contributed by atoms with Gasteiger partial charge in [0.2, 0.25) is 5.78 Å². The summed E-state index contributed by atoms with van der Waals surface area (Å²) < 4.78 is 0. The molecule has 11 nitrogen and oxygen atoms in total. The van der Waals surface area contributed by atoms with E-state index < -0.39 is 58.0 Å². The van der Waals surface area contributed by atoms with Gasteiger partial charge in [0.05, 0.1) is 17.3 Å². The van der Waals surface area contributed by atoms with Gasteiger partial charge in [0.1, 0.15) is 22.8 Å². The molecule has 39 heavy (non-hydrogen) atoms. The molecule has 0 saturated heterocycles. The smallest absolute Gasteiger partial charge is 0.255 e. The first kappa shape index (κ1) is 28.4. The summed E-state index contributed by atoms with van der Waals surface area (Å²) in [7, 11) is 6.82. The van der Waals surface area contributed by atoms with Gasteiger partial charge in [-0.3, -0.25) is 19.3 Å². The monoisotopic (exact) mass is 542 g/mol. The zero-order valence-corrected chi connectivity index (χ0v) is 23.2. The summed E-state index contributed by atoms with van der Waals surface area (Å²) in [5.74, 6) is -6.29. The average molecular weight is 543 g/mol. The number of hydrogen-bond donors (Lipinski definition) is 6. The van der Waals surface area contributed by atoms with E-state index in [4.69, 9.17) is 5.73 Å². The number of amides is 1. The van der Waals surface area contributed by atoms with Crippen LogP contribution in [0.25, 0.3) is 5.76 Å². The number of likely N-dealkylation sites (N-methyl/N-ethyl adjacent to an activating group) is 1. The van der Waals surface area contributed by atoms with Crippen molar-refractivity contribution >= 4 is 34.6 Å². The molecule has 0 aliphatic heterocycles. The summed E-state index contributed by atoms with van der Waals surface area (Å²) in [5.41, 5.74) is 3.54. The number of primary amides is 1. The van der Waals surface area contributed by atoms with Crippen LogP contribution in [0.1, 0.15) is 37.8 Å². The van der Waals surface area contributed by atoms with Gasteiger partial charge in [0, 0.05) is 37.8 Å². The lowest BCUT2D eigenvalue weighted by molar-refractivity contribution is -0.153. The lowest BCUT2D eigenvalue weighted by Crippen LogP contribution is -2.65. The predicted molar refractivity (Wildman–Crippen MR) is 147 cm³/mol. The third-order valence-electron chi connectivity index (χ3n) is 8.52. The Labute approximate surface area is 227 Å². The van der Waals surface area contributed by atoms with E-state index in [1.807, 2.05) is 19.0 Å². The number of ketones is 2. The molecule has 3 aliphatic carbocycles. The molecular weight excluding hydrogens is 504 g/mol. The van der Waals surface area contributed by atoms with Crippen LogP contribution < -0.4 is 16.0 Å². The van der Waals surface area contributed by atoms with Crippen molar-refractivity contribution in [1.29, 1.82) is 0 Å². The molecule has 3 aliphatic rings. The fraction of sp³-hybridized carbons (Fsp3) is 0.536. The Bertz CT molecular complexity index is 1320. The van der Waals surface area contributed by atoms with E-state index in [2.05, 4.69) is 19.2 Å². The van der Waals surface area contributed by atoms with Gasteiger partial charge >= 0.3 is 0 Å². The number of hydrogen-bond acceptors (Lipinski definition) is 10. The first-order valence-corrected chi connectivity index (χ1v) is 13.1. The van der Waals surface area contributed by atoms with E-state index in [9.17, 15) is 34.8 Å². The summed E-state index contributed by atoms with van der Waals surface area (Å²) in [6.07, 6.45) is 1.21. The molecule has 1 fully saturated rings. The second kappa shape index (κ2) is 9.87. The summed E-state index contributed by atoms with van der Waals surface area (Å²) in [6.45, 7) is 4.69. The zero-order chi connectivity index (χ0) is 29.1. The van der Waals surface area contributed by atoms with Crippen LogP contribution in [-0.2, 0) is 20.8 Å². The lowest BCUT2D eigenvalue weighted by Gasteiger charge is -2.50. The number of nitrogens with zero attached hydrogens (tertiary/aromatic N) is 2. The fourth-order valence-electron chi connectivity index (χ4n) is 6.25. The van der Waals surface area contributed by atoms with Gasteiger partial charge in [0.15, 0.2) is 11.4 Å². The Balaban J connectivity index is 1.94. The highest BCUT2D eigenvalue weighted by Gasteiger charge is 2.64. The average Bonchev–Trinajstić information content (AvgIpc) is 2.84. The van der Waals surface area contributed by atoms with E-state index in [1.54, 1.807) is 20.2 Å². The Morgan fingerprint density at radius 3 is 2.38 bits per heavy atom. The van der Waals surface area contributed by atoms with Crippen LogP contribution in [0.3, 0.4) is 0 Å². The maximum Gasteiger partial charge on any atom is 0.255 e. The van der Waals surface area contributed by atoms with Gasteiger partial charge < -0.3 is 36.4 Å². The molecule has 0 radical (unpaired) electrons. The molecule has 1 saturated carbocycles. The van der Waals surface area contributed by atoms with Crippen LogP contribution in [0, 0.1) is 17.8 Å².